The van der Waals surface area contributed by atoms with E-state index in [9.17, 15) is 9.90 Å². The predicted molar refractivity (Wildman–Crippen MR) is 77.1 cm³/mol. The van der Waals surface area contributed by atoms with E-state index in [2.05, 4.69) is 5.32 Å². The maximum absolute atomic E-state index is 11.6. The van der Waals surface area contributed by atoms with Crippen molar-refractivity contribution in [1.29, 1.82) is 0 Å². The van der Waals surface area contributed by atoms with Crippen molar-refractivity contribution in [3.8, 4) is 5.75 Å². The molecule has 0 saturated heterocycles. The number of hydrogen-bond acceptors (Lipinski definition) is 4. The predicted octanol–water partition coefficient (Wildman–Crippen LogP) is 1.92. The Hall–Kier alpha value is -1.30. The summed E-state index contributed by atoms with van der Waals surface area (Å²) in [6, 6.07) is 4.88. The lowest BCUT2D eigenvalue weighted by molar-refractivity contribution is -0.124. The van der Waals surface area contributed by atoms with Gasteiger partial charge in [0.1, 0.15) is 5.75 Å². The van der Waals surface area contributed by atoms with Gasteiger partial charge < -0.3 is 19.9 Å². The average Bonchev–Trinajstić information content (AvgIpc) is 2.37. The molecule has 20 heavy (non-hydrogen) atoms. The van der Waals surface area contributed by atoms with Crippen molar-refractivity contribution >= 4 is 17.5 Å². The van der Waals surface area contributed by atoms with Gasteiger partial charge >= 0.3 is 0 Å². The van der Waals surface area contributed by atoms with E-state index in [-0.39, 0.29) is 18.6 Å². The smallest absolute Gasteiger partial charge is 0.258 e. The van der Waals surface area contributed by atoms with E-state index in [1.165, 1.54) is 0 Å². The molecular formula is C14H20ClNO4. The quantitative estimate of drug-likeness (QED) is 0.807. The van der Waals surface area contributed by atoms with Gasteiger partial charge in [0.25, 0.3) is 5.91 Å². The normalized spacial score (nSPS) is 13.7. The topological polar surface area (TPSA) is 67.8 Å². The largest absolute Gasteiger partial charge is 0.482 e. The summed E-state index contributed by atoms with van der Waals surface area (Å²) < 4.78 is 10.3. The first-order valence-electron chi connectivity index (χ1n) is 6.32. The molecule has 0 aliphatic heterocycles. The number of nitrogens with one attached hydrogen (secondary N) is 1. The molecule has 0 heterocycles. The molecule has 5 nitrogen and oxygen atoms in total. The van der Waals surface area contributed by atoms with Gasteiger partial charge in [-0.25, -0.2) is 0 Å². The van der Waals surface area contributed by atoms with Crippen LogP contribution in [0.25, 0.3) is 0 Å². The first-order valence-corrected chi connectivity index (χ1v) is 6.70. The molecular weight excluding hydrogens is 282 g/mol. The van der Waals surface area contributed by atoms with Crippen LogP contribution in [-0.4, -0.2) is 37.4 Å². The van der Waals surface area contributed by atoms with E-state index < -0.39 is 6.10 Å². The van der Waals surface area contributed by atoms with Gasteiger partial charge in [-0.2, -0.15) is 0 Å². The van der Waals surface area contributed by atoms with Crippen LogP contribution in [-0.2, 0) is 9.53 Å². The molecule has 0 aliphatic carbocycles. The third-order valence-electron chi connectivity index (χ3n) is 2.62. The number of ether oxygens (including phenoxy) is 2. The number of aliphatic hydroxyl groups excluding tert-OH is 1. The lowest BCUT2D eigenvalue weighted by Crippen LogP contribution is -2.38. The molecule has 1 unspecified atom stereocenters. The molecule has 0 saturated carbocycles. The van der Waals surface area contributed by atoms with Gasteiger partial charge in [-0.3, -0.25) is 4.79 Å². The van der Waals surface area contributed by atoms with Crippen LogP contribution >= 0.6 is 11.6 Å². The Bertz CT molecular complexity index is 451. The van der Waals surface area contributed by atoms with Crippen molar-refractivity contribution in [1.82, 2.24) is 5.32 Å². The van der Waals surface area contributed by atoms with Crippen molar-refractivity contribution in [3.05, 3.63) is 28.8 Å². The molecule has 0 aromatic heterocycles. The molecule has 0 fully saturated rings. The molecule has 2 N–H and O–H groups in total. The maximum atomic E-state index is 11.6. The number of rotatable bonds is 7. The number of hydrogen-bond donors (Lipinski definition) is 2. The highest BCUT2D eigenvalue weighted by Gasteiger charge is 2.10. The van der Waals surface area contributed by atoms with Gasteiger partial charge in [-0.15, -0.1) is 0 Å². The van der Waals surface area contributed by atoms with Crippen LogP contribution in [0.4, 0.5) is 0 Å². The van der Waals surface area contributed by atoms with Crippen LogP contribution in [0, 0.1) is 0 Å². The second kappa shape index (κ2) is 8.09. The molecule has 0 radical (unpaired) electrons. The maximum Gasteiger partial charge on any atom is 0.258 e. The number of aliphatic hydroxyl groups is 1. The van der Waals surface area contributed by atoms with Crippen LogP contribution in [0.2, 0.25) is 5.02 Å². The van der Waals surface area contributed by atoms with E-state index in [1.807, 2.05) is 6.92 Å². The fraction of sp³-hybridized carbons (Fsp3) is 0.500. The third-order valence-corrected chi connectivity index (χ3v) is 2.92. The van der Waals surface area contributed by atoms with Crippen LogP contribution < -0.4 is 10.1 Å². The fourth-order valence-electron chi connectivity index (χ4n) is 1.65. The van der Waals surface area contributed by atoms with E-state index in [4.69, 9.17) is 21.1 Å². The molecule has 2 atom stereocenters. The lowest BCUT2D eigenvalue weighted by Gasteiger charge is -2.14. The molecule has 6 heteroatoms. The first kappa shape index (κ1) is 16.8. The molecule has 1 aromatic carbocycles. The van der Waals surface area contributed by atoms with Gasteiger partial charge in [-0.05, 0) is 31.5 Å². The standard InChI is InChI=1S/C14H20ClNO4/c1-9(7-19-3)16-14(18)8-20-13-5-4-11(10(2)17)6-12(13)15/h4-6,9-10,17H,7-8H2,1-3H3,(H,16,18)/t9?,10-/m0/s1. The molecule has 0 bridgehead atoms. The van der Waals surface area contributed by atoms with Gasteiger partial charge in [-0.1, -0.05) is 17.7 Å². The molecule has 0 spiro atoms. The van der Waals surface area contributed by atoms with Crippen LogP contribution in [0.3, 0.4) is 0 Å². The summed E-state index contributed by atoms with van der Waals surface area (Å²) in [5.41, 5.74) is 0.695. The Balaban J connectivity index is 2.51. The van der Waals surface area contributed by atoms with Crippen molar-refractivity contribution in [3.63, 3.8) is 0 Å². The summed E-state index contributed by atoms with van der Waals surface area (Å²) in [4.78, 5) is 11.6. The highest BCUT2D eigenvalue weighted by atomic mass is 35.5. The highest BCUT2D eigenvalue weighted by molar-refractivity contribution is 6.32. The van der Waals surface area contributed by atoms with E-state index >= 15 is 0 Å². The zero-order valence-electron chi connectivity index (χ0n) is 11.9. The zero-order valence-corrected chi connectivity index (χ0v) is 12.6. The minimum atomic E-state index is -0.597. The third kappa shape index (κ3) is 5.36. The van der Waals surface area contributed by atoms with Crippen molar-refractivity contribution in [2.24, 2.45) is 0 Å². The summed E-state index contributed by atoms with van der Waals surface area (Å²) >= 11 is 6.02. The fourth-order valence-corrected chi connectivity index (χ4v) is 1.89. The van der Waals surface area contributed by atoms with Crippen LogP contribution in [0.1, 0.15) is 25.5 Å². The Morgan fingerprint density at radius 1 is 1.45 bits per heavy atom. The van der Waals surface area contributed by atoms with Gasteiger partial charge in [0, 0.05) is 13.2 Å². The van der Waals surface area contributed by atoms with E-state index in [1.54, 1.807) is 32.2 Å². The lowest BCUT2D eigenvalue weighted by atomic mass is 10.1. The van der Waals surface area contributed by atoms with Crippen molar-refractivity contribution in [2.45, 2.75) is 26.0 Å². The number of halogens is 1. The molecule has 112 valence electrons. The first-order chi connectivity index (χ1) is 9.43. The van der Waals surface area contributed by atoms with Gasteiger partial charge in [0.2, 0.25) is 0 Å². The van der Waals surface area contributed by atoms with E-state index in [0.717, 1.165) is 0 Å². The SMILES string of the molecule is COCC(C)NC(=O)COc1ccc([C@H](C)O)cc1Cl. The minimum Gasteiger partial charge on any atom is -0.482 e. The number of carbonyl (C=O) groups excluding carboxylic acids is 1. The monoisotopic (exact) mass is 301 g/mol. The highest BCUT2D eigenvalue weighted by Crippen LogP contribution is 2.27. The Labute approximate surface area is 123 Å². The number of methoxy groups -OCH3 is 1. The van der Waals surface area contributed by atoms with Crippen LogP contribution in [0.5, 0.6) is 5.75 Å². The summed E-state index contributed by atoms with van der Waals surface area (Å²) in [5.74, 6) is 0.163. The Morgan fingerprint density at radius 2 is 2.15 bits per heavy atom. The Morgan fingerprint density at radius 3 is 2.70 bits per heavy atom. The molecule has 1 aromatic rings. The van der Waals surface area contributed by atoms with Crippen molar-refractivity contribution in [2.75, 3.05) is 20.3 Å². The van der Waals surface area contributed by atoms with E-state index in [0.29, 0.717) is 22.9 Å². The number of benzene rings is 1. The van der Waals surface area contributed by atoms with Gasteiger partial charge in [0.05, 0.1) is 17.7 Å². The summed E-state index contributed by atoms with van der Waals surface area (Å²) in [6.45, 7) is 3.81. The summed E-state index contributed by atoms with van der Waals surface area (Å²) in [7, 11) is 1.57. The second-order valence-electron chi connectivity index (χ2n) is 4.58. The Kier molecular flexibility index (Phi) is 6.78. The molecule has 0 aliphatic rings. The average molecular weight is 302 g/mol. The van der Waals surface area contributed by atoms with Crippen LogP contribution in [0.15, 0.2) is 18.2 Å². The molecule has 1 rings (SSSR count). The summed E-state index contributed by atoms with van der Waals surface area (Å²) in [5, 5.41) is 12.5. The van der Waals surface area contributed by atoms with Crippen molar-refractivity contribution < 1.29 is 19.4 Å². The zero-order chi connectivity index (χ0) is 15.1. The minimum absolute atomic E-state index is 0.0795. The number of carbonyl (C=O) groups is 1. The molecule has 1 amide bonds. The summed E-state index contributed by atoms with van der Waals surface area (Å²) in [6.07, 6.45) is -0.597. The number of amides is 1. The second-order valence-corrected chi connectivity index (χ2v) is 4.99. The van der Waals surface area contributed by atoms with Gasteiger partial charge in [0.15, 0.2) is 6.61 Å².